The average molecular weight is 349 g/mol. The number of methoxy groups -OCH3 is 1. The maximum atomic E-state index is 5.54. The lowest BCUT2D eigenvalue weighted by molar-refractivity contribution is -0.961. The van der Waals surface area contributed by atoms with Gasteiger partial charge >= 0.3 is 0 Å². The third-order valence-electron chi connectivity index (χ3n) is 5.49. The summed E-state index contributed by atoms with van der Waals surface area (Å²) in [6.07, 6.45) is 7.93. The number of quaternary nitrogens is 1. The minimum absolute atomic E-state index is 0.506. The quantitative estimate of drug-likeness (QED) is 0.714. The van der Waals surface area contributed by atoms with Gasteiger partial charge in [-0.25, -0.2) is 0 Å². The van der Waals surface area contributed by atoms with Crippen molar-refractivity contribution in [3.63, 3.8) is 0 Å². The first kappa shape index (κ1) is 17.5. The van der Waals surface area contributed by atoms with Gasteiger partial charge in [0.15, 0.2) is 5.11 Å². The predicted octanol–water partition coefficient (Wildman–Crippen LogP) is 2.36. The zero-order valence-corrected chi connectivity index (χ0v) is 15.6. The Bertz CT molecular complexity index is 551. The highest BCUT2D eigenvalue weighted by molar-refractivity contribution is 7.80. The number of hydrogen-bond acceptors (Lipinski definition) is 2. The van der Waals surface area contributed by atoms with Crippen molar-refractivity contribution < 1.29 is 9.64 Å². The first-order chi connectivity index (χ1) is 11.7. The molecule has 2 heterocycles. The van der Waals surface area contributed by atoms with Gasteiger partial charge in [0.2, 0.25) is 0 Å². The van der Waals surface area contributed by atoms with Crippen LogP contribution in [0.15, 0.2) is 24.3 Å². The summed E-state index contributed by atoms with van der Waals surface area (Å²) in [7, 11) is 1.68. The van der Waals surface area contributed by atoms with E-state index in [1.165, 1.54) is 45.1 Å². The Kier molecular flexibility index (Phi) is 5.95. The number of piperidine rings is 2. The molecule has 2 aliphatic heterocycles. The van der Waals surface area contributed by atoms with Crippen LogP contribution in [-0.2, 0) is 0 Å². The van der Waals surface area contributed by atoms with Gasteiger partial charge in [-0.2, -0.15) is 0 Å². The van der Waals surface area contributed by atoms with Gasteiger partial charge in [0, 0.05) is 30.6 Å². The van der Waals surface area contributed by atoms with Gasteiger partial charge < -0.3 is 20.3 Å². The third kappa shape index (κ3) is 4.19. The first-order valence-corrected chi connectivity index (χ1v) is 9.67. The lowest BCUT2D eigenvalue weighted by atomic mass is 9.81. The molecule has 2 unspecified atom stereocenters. The Balaban J connectivity index is 1.55. The van der Waals surface area contributed by atoms with Gasteiger partial charge in [-0.3, -0.25) is 0 Å². The molecule has 2 bridgehead atoms. The molecular formula is C19H30N3OS+. The molecule has 24 heavy (non-hydrogen) atoms. The summed E-state index contributed by atoms with van der Waals surface area (Å²) < 4.78 is 5.26. The number of fused-ring (bicyclic) bond motifs is 2. The number of rotatable bonds is 5. The van der Waals surface area contributed by atoms with Crippen molar-refractivity contribution in [2.24, 2.45) is 0 Å². The van der Waals surface area contributed by atoms with E-state index in [2.05, 4.69) is 17.6 Å². The van der Waals surface area contributed by atoms with Crippen molar-refractivity contribution in [3.8, 4) is 5.75 Å². The summed E-state index contributed by atoms with van der Waals surface area (Å²) >= 11 is 5.54. The molecule has 0 amide bonds. The minimum Gasteiger partial charge on any atom is -0.497 e. The van der Waals surface area contributed by atoms with Crippen LogP contribution in [0.3, 0.4) is 0 Å². The van der Waals surface area contributed by atoms with E-state index < -0.39 is 0 Å². The Hall–Kier alpha value is -1.33. The standard InChI is InChI=1S/C19H29N3OS/c1-3-10-22-16-7-5-8-17(22)12-15(11-16)21-19(24)20-14-6-4-9-18(13-14)23-2/h4,6,9,13,15-17H,3,5,7-8,10-12H2,1-2H3,(H2,20,21,24)/p+1/t15?,16-,17+. The lowest BCUT2D eigenvalue weighted by Crippen LogP contribution is -3.21. The van der Waals surface area contributed by atoms with Gasteiger partial charge in [-0.1, -0.05) is 13.0 Å². The van der Waals surface area contributed by atoms with Crippen LogP contribution in [0, 0.1) is 0 Å². The SMILES string of the molecule is CCC[NH+]1[C@@H]2CCC[C@H]1CC(NC(=S)Nc1cccc(OC)c1)C2. The number of anilines is 1. The summed E-state index contributed by atoms with van der Waals surface area (Å²) in [6, 6.07) is 10.0. The Labute approximate surface area is 150 Å². The van der Waals surface area contributed by atoms with E-state index in [-0.39, 0.29) is 0 Å². The molecule has 132 valence electrons. The van der Waals surface area contributed by atoms with E-state index >= 15 is 0 Å². The Morgan fingerprint density at radius 2 is 2.04 bits per heavy atom. The van der Waals surface area contributed by atoms with E-state index in [0.717, 1.165) is 28.6 Å². The number of hydrogen-bond donors (Lipinski definition) is 3. The average Bonchev–Trinajstić information content (AvgIpc) is 2.56. The molecule has 2 fully saturated rings. The van der Waals surface area contributed by atoms with Crippen molar-refractivity contribution in [1.29, 1.82) is 0 Å². The fourth-order valence-electron chi connectivity index (χ4n) is 4.50. The second kappa shape index (κ2) is 8.17. The molecule has 3 rings (SSSR count). The summed E-state index contributed by atoms with van der Waals surface area (Å²) in [5.41, 5.74) is 0.973. The van der Waals surface area contributed by atoms with Gasteiger partial charge in [0.25, 0.3) is 0 Å². The van der Waals surface area contributed by atoms with Crippen molar-refractivity contribution in [2.45, 2.75) is 63.6 Å². The molecule has 3 N–H and O–H groups in total. The van der Waals surface area contributed by atoms with Crippen LogP contribution in [-0.4, -0.2) is 36.9 Å². The van der Waals surface area contributed by atoms with Crippen molar-refractivity contribution >= 4 is 23.0 Å². The van der Waals surface area contributed by atoms with Gasteiger partial charge in [0.05, 0.1) is 25.7 Å². The third-order valence-corrected chi connectivity index (χ3v) is 5.71. The van der Waals surface area contributed by atoms with Crippen LogP contribution in [0.5, 0.6) is 5.75 Å². The molecule has 0 saturated carbocycles. The number of thiocarbonyl (C=S) groups is 1. The highest BCUT2D eigenvalue weighted by Gasteiger charge is 2.41. The summed E-state index contributed by atoms with van der Waals surface area (Å²) in [5.74, 6) is 0.841. The van der Waals surface area contributed by atoms with Crippen LogP contribution >= 0.6 is 12.2 Å². The molecular weight excluding hydrogens is 318 g/mol. The predicted molar refractivity (Wildman–Crippen MR) is 103 cm³/mol. The second-order valence-electron chi connectivity index (χ2n) is 7.15. The fourth-order valence-corrected chi connectivity index (χ4v) is 4.79. The first-order valence-electron chi connectivity index (χ1n) is 9.26. The molecule has 0 spiro atoms. The summed E-state index contributed by atoms with van der Waals surface area (Å²) in [4.78, 5) is 1.86. The highest BCUT2D eigenvalue weighted by atomic mass is 32.1. The van der Waals surface area contributed by atoms with Gasteiger partial charge in [-0.15, -0.1) is 0 Å². The second-order valence-corrected chi connectivity index (χ2v) is 7.56. The van der Waals surface area contributed by atoms with E-state index in [9.17, 15) is 0 Å². The largest absolute Gasteiger partial charge is 0.497 e. The van der Waals surface area contributed by atoms with Crippen LogP contribution in [0.25, 0.3) is 0 Å². The van der Waals surface area contributed by atoms with E-state index in [1.54, 1.807) is 7.11 Å². The molecule has 0 aromatic heterocycles. The molecule has 0 aliphatic carbocycles. The van der Waals surface area contributed by atoms with Crippen LogP contribution < -0.4 is 20.3 Å². The number of ether oxygens (including phenoxy) is 1. The van der Waals surface area contributed by atoms with Gasteiger partial charge in [0.1, 0.15) is 5.75 Å². The normalized spacial score (nSPS) is 28.9. The molecule has 5 heteroatoms. The monoisotopic (exact) mass is 348 g/mol. The summed E-state index contributed by atoms with van der Waals surface area (Å²) in [5, 5.41) is 7.59. The lowest BCUT2D eigenvalue weighted by Gasteiger charge is -2.46. The van der Waals surface area contributed by atoms with E-state index in [4.69, 9.17) is 17.0 Å². The number of nitrogens with one attached hydrogen (secondary N) is 3. The molecule has 1 aromatic carbocycles. The summed E-state index contributed by atoms with van der Waals surface area (Å²) in [6.45, 7) is 3.63. The van der Waals surface area contributed by atoms with E-state index in [0.29, 0.717) is 6.04 Å². The van der Waals surface area contributed by atoms with Crippen molar-refractivity contribution in [2.75, 3.05) is 19.0 Å². The molecule has 1 aromatic rings. The maximum Gasteiger partial charge on any atom is 0.171 e. The topological polar surface area (TPSA) is 37.7 Å². The van der Waals surface area contributed by atoms with Crippen molar-refractivity contribution in [1.82, 2.24) is 5.32 Å². The minimum atomic E-state index is 0.506. The van der Waals surface area contributed by atoms with Crippen LogP contribution in [0.4, 0.5) is 5.69 Å². The molecule has 4 nitrogen and oxygen atoms in total. The molecule has 2 saturated heterocycles. The molecule has 4 atom stereocenters. The highest BCUT2D eigenvalue weighted by Crippen LogP contribution is 2.23. The zero-order valence-electron chi connectivity index (χ0n) is 14.8. The molecule has 2 aliphatic rings. The zero-order chi connectivity index (χ0) is 16.9. The fraction of sp³-hybridized carbons (Fsp3) is 0.632. The van der Waals surface area contributed by atoms with Crippen LogP contribution in [0.2, 0.25) is 0 Å². The van der Waals surface area contributed by atoms with Crippen LogP contribution in [0.1, 0.15) is 45.4 Å². The van der Waals surface area contributed by atoms with Gasteiger partial charge in [-0.05, 0) is 50.0 Å². The Morgan fingerprint density at radius 1 is 1.29 bits per heavy atom. The smallest absolute Gasteiger partial charge is 0.171 e. The number of benzene rings is 1. The van der Waals surface area contributed by atoms with Crippen molar-refractivity contribution in [3.05, 3.63) is 24.3 Å². The Morgan fingerprint density at radius 3 is 2.71 bits per heavy atom. The maximum absolute atomic E-state index is 5.54. The van der Waals surface area contributed by atoms with E-state index in [1.807, 2.05) is 29.2 Å². The molecule has 0 radical (unpaired) electrons.